The molecule has 0 unspecified atom stereocenters. The standard InChI is InChI=1S/C15H12O2S/c16-13-6-5-10(8-14(13)17)7-11-9-18-15-4-2-1-3-12(11)15/h1-6,8-9,16-17H,7H2. The topological polar surface area (TPSA) is 40.5 Å². The van der Waals surface area contributed by atoms with E-state index in [0.717, 1.165) is 12.0 Å². The molecule has 1 aromatic heterocycles. The molecule has 0 radical (unpaired) electrons. The summed E-state index contributed by atoms with van der Waals surface area (Å²) in [6.07, 6.45) is 0.762. The van der Waals surface area contributed by atoms with Crippen LogP contribution in [0.5, 0.6) is 11.5 Å². The van der Waals surface area contributed by atoms with Gasteiger partial charge in [-0.1, -0.05) is 24.3 Å². The number of aromatic hydroxyl groups is 2. The lowest BCUT2D eigenvalue weighted by Gasteiger charge is -2.03. The average Bonchev–Trinajstić information content (AvgIpc) is 2.78. The van der Waals surface area contributed by atoms with Crippen molar-refractivity contribution >= 4 is 21.4 Å². The summed E-state index contributed by atoms with van der Waals surface area (Å²) in [5.41, 5.74) is 2.24. The minimum absolute atomic E-state index is 0.0629. The van der Waals surface area contributed by atoms with E-state index in [1.807, 2.05) is 18.2 Å². The molecule has 3 heteroatoms. The lowest BCUT2D eigenvalue weighted by atomic mass is 10.0. The molecule has 2 aromatic carbocycles. The van der Waals surface area contributed by atoms with E-state index in [2.05, 4.69) is 17.5 Å². The molecule has 0 aliphatic heterocycles. The van der Waals surface area contributed by atoms with Crippen LogP contribution in [0.2, 0.25) is 0 Å². The van der Waals surface area contributed by atoms with Gasteiger partial charge < -0.3 is 10.2 Å². The zero-order valence-corrected chi connectivity index (χ0v) is 10.4. The summed E-state index contributed by atoms with van der Waals surface area (Å²) in [5, 5.41) is 22.2. The monoisotopic (exact) mass is 256 g/mol. The first-order valence-corrected chi connectivity index (χ1v) is 6.58. The molecule has 0 saturated carbocycles. The average molecular weight is 256 g/mol. The van der Waals surface area contributed by atoms with Crippen molar-refractivity contribution in [2.45, 2.75) is 6.42 Å². The molecule has 0 amide bonds. The van der Waals surface area contributed by atoms with Gasteiger partial charge in [-0.2, -0.15) is 0 Å². The summed E-state index contributed by atoms with van der Waals surface area (Å²) in [6, 6.07) is 13.3. The van der Waals surface area contributed by atoms with Crippen LogP contribution in [-0.2, 0) is 6.42 Å². The molecule has 0 fully saturated rings. The number of fused-ring (bicyclic) bond motifs is 1. The van der Waals surface area contributed by atoms with Crippen LogP contribution in [0.15, 0.2) is 47.8 Å². The fourth-order valence-corrected chi connectivity index (χ4v) is 3.03. The number of hydrogen-bond donors (Lipinski definition) is 2. The van der Waals surface area contributed by atoms with Crippen molar-refractivity contribution in [1.82, 2.24) is 0 Å². The van der Waals surface area contributed by atoms with Crippen LogP contribution in [-0.4, -0.2) is 10.2 Å². The zero-order chi connectivity index (χ0) is 12.5. The van der Waals surface area contributed by atoms with Crippen molar-refractivity contribution in [2.75, 3.05) is 0 Å². The lowest BCUT2D eigenvalue weighted by molar-refractivity contribution is 0.403. The van der Waals surface area contributed by atoms with Crippen molar-refractivity contribution in [3.8, 4) is 11.5 Å². The smallest absolute Gasteiger partial charge is 0.157 e. The van der Waals surface area contributed by atoms with Crippen LogP contribution >= 0.6 is 11.3 Å². The first-order valence-electron chi connectivity index (χ1n) is 5.70. The second-order valence-corrected chi connectivity index (χ2v) is 5.17. The molecule has 2 nitrogen and oxygen atoms in total. The van der Waals surface area contributed by atoms with E-state index in [1.165, 1.54) is 21.7 Å². The minimum Gasteiger partial charge on any atom is -0.504 e. The highest BCUT2D eigenvalue weighted by atomic mass is 32.1. The van der Waals surface area contributed by atoms with E-state index < -0.39 is 0 Å². The Morgan fingerprint density at radius 3 is 2.61 bits per heavy atom. The van der Waals surface area contributed by atoms with Crippen molar-refractivity contribution in [2.24, 2.45) is 0 Å². The van der Waals surface area contributed by atoms with Gasteiger partial charge in [-0.05, 0) is 46.5 Å². The van der Waals surface area contributed by atoms with Gasteiger partial charge in [0, 0.05) is 4.70 Å². The molecular weight excluding hydrogens is 244 g/mol. The molecule has 3 rings (SSSR count). The Kier molecular flexibility index (Phi) is 2.68. The Labute approximate surface area is 109 Å². The van der Waals surface area contributed by atoms with Gasteiger partial charge in [-0.25, -0.2) is 0 Å². The molecule has 18 heavy (non-hydrogen) atoms. The number of phenolic OH excluding ortho intramolecular Hbond substituents is 2. The zero-order valence-electron chi connectivity index (χ0n) is 9.63. The molecule has 0 aliphatic carbocycles. The number of hydrogen-bond acceptors (Lipinski definition) is 3. The number of phenols is 2. The summed E-state index contributed by atoms with van der Waals surface area (Å²) in [6.45, 7) is 0. The number of rotatable bonds is 2. The van der Waals surface area contributed by atoms with Gasteiger partial charge >= 0.3 is 0 Å². The van der Waals surface area contributed by atoms with Crippen LogP contribution in [0.3, 0.4) is 0 Å². The molecule has 0 aliphatic rings. The Balaban J connectivity index is 1.98. The summed E-state index contributed by atoms with van der Waals surface area (Å²) < 4.78 is 1.27. The van der Waals surface area contributed by atoms with E-state index in [4.69, 9.17) is 0 Å². The van der Waals surface area contributed by atoms with E-state index in [9.17, 15) is 10.2 Å². The molecule has 0 bridgehead atoms. The highest BCUT2D eigenvalue weighted by Gasteiger charge is 2.06. The van der Waals surface area contributed by atoms with Crippen molar-refractivity contribution in [3.05, 3.63) is 59.0 Å². The maximum atomic E-state index is 9.49. The van der Waals surface area contributed by atoms with Gasteiger partial charge in [0.25, 0.3) is 0 Å². The van der Waals surface area contributed by atoms with Gasteiger partial charge in [0.15, 0.2) is 11.5 Å². The Hall–Kier alpha value is -2.00. The second-order valence-electron chi connectivity index (χ2n) is 4.26. The predicted octanol–water partition coefficient (Wildman–Crippen LogP) is 3.90. The summed E-state index contributed by atoms with van der Waals surface area (Å²) >= 11 is 1.73. The molecule has 0 saturated heterocycles. The Morgan fingerprint density at radius 2 is 1.78 bits per heavy atom. The van der Waals surface area contributed by atoms with Gasteiger partial charge in [0.1, 0.15) is 0 Å². The Morgan fingerprint density at radius 1 is 0.944 bits per heavy atom. The predicted molar refractivity (Wildman–Crippen MR) is 74.4 cm³/mol. The molecule has 1 heterocycles. The van der Waals surface area contributed by atoms with Gasteiger partial charge in [0.2, 0.25) is 0 Å². The van der Waals surface area contributed by atoms with Crippen LogP contribution < -0.4 is 0 Å². The minimum atomic E-state index is -0.0751. The highest BCUT2D eigenvalue weighted by Crippen LogP contribution is 2.30. The normalized spacial score (nSPS) is 10.9. The van der Waals surface area contributed by atoms with E-state index in [-0.39, 0.29) is 11.5 Å². The first-order chi connectivity index (χ1) is 8.74. The molecule has 0 spiro atoms. The second kappa shape index (κ2) is 4.35. The van der Waals surface area contributed by atoms with Crippen molar-refractivity contribution < 1.29 is 10.2 Å². The first kappa shape index (κ1) is 11.1. The molecule has 2 N–H and O–H groups in total. The highest BCUT2D eigenvalue weighted by molar-refractivity contribution is 7.17. The van der Waals surface area contributed by atoms with Gasteiger partial charge in [-0.3, -0.25) is 0 Å². The molecule has 3 aromatic rings. The van der Waals surface area contributed by atoms with E-state index >= 15 is 0 Å². The largest absolute Gasteiger partial charge is 0.504 e. The number of benzene rings is 2. The van der Waals surface area contributed by atoms with Gasteiger partial charge in [0.05, 0.1) is 0 Å². The van der Waals surface area contributed by atoms with Crippen molar-refractivity contribution in [3.63, 3.8) is 0 Å². The Bertz CT molecular complexity index is 701. The van der Waals surface area contributed by atoms with Crippen LogP contribution in [0, 0.1) is 0 Å². The van der Waals surface area contributed by atoms with Crippen LogP contribution in [0.1, 0.15) is 11.1 Å². The third kappa shape index (κ3) is 1.93. The molecular formula is C15H12O2S. The summed E-state index contributed by atoms with van der Waals surface area (Å²) in [5.74, 6) is -0.138. The maximum Gasteiger partial charge on any atom is 0.157 e. The fraction of sp³-hybridized carbons (Fsp3) is 0.0667. The van der Waals surface area contributed by atoms with Crippen molar-refractivity contribution in [1.29, 1.82) is 0 Å². The molecule has 0 atom stereocenters. The van der Waals surface area contributed by atoms with E-state index in [0.29, 0.717) is 0 Å². The summed E-state index contributed by atoms with van der Waals surface area (Å²) in [7, 11) is 0. The lowest BCUT2D eigenvalue weighted by Crippen LogP contribution is -1.86. The fourth-order valence-electron chi connectivity index (χ4n) is 2.07. The maximum absolute atomic E-state index is 9.49. The third-order valence-corrected chi connectivity index (χ3v) is 4.01. The van der Waals surface area contributed by atoms with Gasteiger partial charge in [-0.15, -0.1) is 11.3 Å². The number of thiophene rings is 1. The quantitative estimate of drug-likeness (QED) is 0.683. The van der Waals surface area contributed by atoms with Crippen LogP contribution in [0.4, 0.5) is 0 Å². The van der Waals surface area contributed by atoms with E-state index in [1.54, 1.807) is 17.4 Å². The summed E-state index contributed by atoms with van der Waals surface area (Å²) in [4.78, 5) is 0. The third-order valence-electron chi connectivity index (χ3n) is 3.00. The SMILES string of the molecule is Oc1ccc(Cc2csc3ccccc23)cc1O. The molecule has 90 valence electrons. The van der Waals surface area contributed by atoms with Crippen LogP contribution in [0.25, 0.3) is 10.1 Å².